The number of non-ortho nitro benzene ring substituents is 1. The van der Waals surface area contributed by atoms with Crippen molar-refractivity contribution in [2.45, 2.75) is 37.1 Å². The molecule has 0 saturated carbocycles. The molecule has 1 atom stereocenters. The molecule has 3 rings (SSSR count). The van der Waals surface area contributed by atoms with E-state index in [-0.39, 0.29) is 17.6 Å². The number of rotatable bonds is 6. The lowest BCUT2D eigenvalue weighted by Gasteiger charge is -2.25. The summed E-state index contributed by atoms with van der Waals surface area (Å²) in [7, 11) is 1.75. The third kappa shape index (κ3) is 4.07. The van der Waals surface area contributed by atoms with Crippen LogP contribution in [0.2, 0.25) is 0 Å². The molecule has 136 valence electrons. The first-order chi connectivity index (χ1) is 12.5. The number of nitro groups is 1. The summed E-state index contributed by atoms with van der Waals surface area (Å²) in [5.74, 6) is 0.365. The van der Waals surface area contributed by atoms with E-state index in [0.29, 0.717) is 5.75 Å². The quantitative estimate of drug-likeness (QED) is 0.430. The topological polar surface area (TPSA) is 63.5 Å². The number of amides is 1. The zero-order chi connectivity index (χ0) is 18.7. The van der Waals surface area contributed by atoms with Crippen molar-refractivity contribution in [1.29, 1.82) is 0 Å². The number of fused-ring (bicyclic) bond motifs is 1. The number of nitrogens with zero attached hydrogens (tertiary/aromatic N) is 2. The summed E-state index contributed by atoms with van der Waals surface area (Å²) < 4.78 is 0. The van der Waals surface area contributed by atoms with Gasteiger partial charge in [-0.15, -0.1) is 11.8 Å². The van der Waals surface area contributed by atoms with Crippen LogP contribution < -0.4 is 0 Å². The molecular weight excluding hydrogens is 348 g/mol. The van der Waals surface area contributed by atoms with Gasteiger partial charge < -0.3 is 4.90 Å². The molecule has 0 fully saturated rings. The fourth-order valence-electron chi connectivity index (χ4n) is 3.22. The number of hydrogen-bond donors (Lipinski definition) is 0. The summed E-state index contributed by atoms with van der Waals surface area (Å²) in [5.41, 5.74) is 3.64. The molecule has 0 radical (unpaired) electrons. The van der Waals surface area contributed by atoms with Gasteiger partial charge in [0.1, 0.15) is 0 Å². The fraction of sp³-hybridized carbons (Fsp3) is 0.350. The minimum Gasteiger partial charge on any atom is -0.338 e. The first-order valence-electron chi connectivity index (χ1n) is 8.70. The van der Waals surface area contributed by atoms with Crippen LogP contribution in [0.25, 0.3) is 0 Å². The molecule has 26 heavy (non-hydrogen) atoms. The van der Waals surface area contributed by atoms with Gasteiger partial charge >= 0.3 is 0 Å². The molecule has 2 aromatic carbocycles. The summed E-state index contributed by atoms with van der Waals surface area (Å²) >= 11 is 1.54. The van der Waals surface area contributed by atoms with E-state index in [0.717, 1.165) is 23.3 Å². The van der Waals surface area contributed by atoms with E-state index in [1.807, 2.05) is 13.0 Å². The number of benzene rings is 2. The van der Waals surface area contributed by atoms with Crippen molar-refractivity contribution < 1.29 is 9.72 Å². The van der Waals surface area contributed by atoms with E-state index in [9.17, 15) is 14.9 Å². The summed E-state index contributed by atoms with van der Waals surface area (Å²) in [6.45, 7) is 1.89. The summed E-state index contributed by atoms with van der Waals surface area (Å²) in [6, 6.07) is 12.7. The van der Waals surface area contributed by atoms with Gasteiger partial charge in [-0.1, -0.05) is 18.2 Å². The highest BCUT2D eigenvalue weighted by atomic mass is 32.2. The lowest BCUT2D eigenvalue weighted by Crippen LogP contribution is -2.31. The van der Waals surface area contributed by atoms with Gasteiger partial charge in [0.2, 0.25) is 5.91 Å². The molecule has 0 aromatic heterocycles. The Morgan fingerprint density at radius 3 is 2.77 bits per heavy atom. The molecule has 1 aliphatic rings. The van der Waals surface area contributed by atoms with Gasteiger partial charge in [-0.3, -0.25) is 14.9 Å². The van der Waals surface area contributed by atoms with Crippen molar-refractivity contribution in [1.82, 2.24) is 4.90 Å². The maximum Gasteiger partial charge on any atom is 0.269 e. The molecule has 5 nitrogen and oxygen atoms in total. The number of hydrogen-bond acceptors (Lipinski definition) is 4. The van der Waals surface area contributed by atoms with E-state index in [4.69, 9.17) is 0 Å². The summed E-state index contributed by atoms with van der Waals surface area (Å²) in [6.07, 6.45) is 3.50. The average Bonchev–Trinajstić information content (AvgIpc) is 3.12. The van der Waals surface area contributed by atoms with Crippen LogP contribution >= 0.6 is 11.8 Å². The Kier molecular flexibility index (Phi) is 5.61. The molecule has 1 amide bonds. The van der Waals surface area contributed by atoms with E-state index >= 15 is 0 Å². The van der Waals surface area contributed by atoms with Gasteiger partial charge in [-0.25, -0.2) is 0 Å². The molecule has 0 saturated heterocycles. The van der Waals surface area contributed by atoms with Crippen LogP contribution in [0.5, 0.6) is 0 Å². The standard InChI is InChI=1S/C20H22N2O3S/c1-14(16-6-4-8-18(11-16)22(24)25)21(2)20(23)13-26-19-10-9-15-5-3-7-17(15)12-19/h4,6,8-12,14H,3,5,7,13H2,1-2H3/t14-/m1/s1. The number of carbonyl (C=O) groups is 1. The smallest absolute Gasteiger partial charge is 0.269 e. The van der Waals surface area contributed by atoms with Gasteiger partial charge in [0.05, 0.1) is 16.7 Å². The Bertz CT molecular complexity index is 838. The van der Waals surface area contributed by atoms with Gasteiger partial charge in [0.25, 0.3) is 5.69 Å². The highest BCUT2D eigenvalue weighted by Crippen LogP contribution is 2.29. The van der Waals surface area contributed by atoms with Crippen molar-refractivity contribution >= 4 is 23.4 Å². The first kappa shape index (κ1) is 18.5. The number of aryl methyl sites for hydroxylation is 2. The second kappa shape index (κ2) is 7.91. The second-order valence-corrected chi connectivity index (χ2v) is 7.65. The Morgan fingerprint density at radius 1 is 1.23 bits per heavy atom. The Balaban J connectivity index is 1.62. The van der Waals surface area contributed by atoms with Gasteiger partial charge in [-0.2, -0.15) is 0 Å². The van der Waals surface area contributed by atoms with E-state index in [2.05, 4.69) is 18.2 Å². The number of carbonyl (C=O) groups excluding carboxylic acids is 1. The molecule has 0 aliphatic heterocycles. The first-order valence-corrected chi connectivity index (χ1v) is 9.69. The van der Waals surface area contributed by atoms with Crippen LogP contribution in [0.4, 0.5) is 5.69 Å². The van der Waals surface area contributed by atoms with E-state index in [1.54, 1.807) is 29.8 Å². The minimum atomic E-state index is -0.415. The highest BCUT2D eigenvalue weighted by molar-refractivity contribution is 8.00. The lowest BCUT2D eigenvalue weighted by molar-refractivity contribution is -0.384. The predicted molar refractivity (Wildman–Crippen MR) is 103 cm³/mol. The highest BCUT2D eigenvalue weighted by Gasteiger charge is 2.20. The van der Waals surface area contributed by atoms with Crippen molar-refractivity contribution in [3.8, 4) is 0 Å². The van der Waals surface area contributed by atoms with Crippen LogP contribution in [0.3, 0.4) is 0 Å². The molecule has 0 heterocycles. The Labute approximate surface area is 157 Å². The Morgan fingerprint density at radius 2 is 2.00 bits per heavy atom. The van der Waals surface area contributed by atoms with Gasteiger partial charge in [0.15, 0.2) is 0 Å². The Hall–Kier alpha value is -2.34. The molecule has 1 aliphatic carbocycles. The molecule has 0 unspecified atom stereocenters. The predicted octanol–water partition coefficient (Wildman–Crippen LogP) is 4.40. The molecule has 0 spiro atoms. The van der Waals surface area contributed by atoms with Crippen LogP contribution in [0.1, 0.15) is 36.1 Å². The molecular formula is C20H22N2O3S. The largest absolute Gasteiger partial charge is 0.338 e. The lowest BCUT2D eigenvalue weighted by atomic mass is 10.1. The SMILES string of the molecule is C[C@H](c1cccc([N+](=O)[O-])c1)N(C)C(=O)CSc1ccc2c(c1)CCC2. The second-order valence-electron chi connectivity index (χ2n) is 6.61. The van der Waals surface area contributed by atoms with E-state index < -0.39 is 4.92 Å². The van der Waals surface area contributed by atoms with Crippen molar-refractivity contribution in [3.63, 3.8) is 0 Å². The normalized spacial score (nSPS) is 13.9. The molecule has 0 bridgehead atoms. The number of thioether (sulfide) groups is 1. The maximum atomic E-state index is 12.6. The molecule has 2 aromatic rings. The third-order valence-corrected chi connectivity index (χ3v) is 5.95. The van der Waals surface area contributed by atoms with Crippen molar-refractivity contribution in [2.24, 2.45) is 0 Å². The zero-order valence-corrected chi connectivity index (χ0v) is 15.8. The van der Waals surface area contributed by atoms with Crippen molar-refractivity contribution in [2.75, 3.05) is 12.8 Å². The summed E-state index contributed by atoms with van der Waals surface area (Å²) in [5, 5.41) is 10.9. The van der Waals surface area contributed by atoms with Crippen LogP contribution in [0, 0.1) is 10.1 Å². The van der Waals surface area contributed by atoms with E-state index in [1.165, 1.54) is 29.7 Å². The maximum absolute atomic E-state index is 12.6. The summed E-state index contributed by atoms with van der Waals surface area (Å²) in [4.78, 5) is 25.9. The fourth-order valence-corrected chi connectivity index (χ4v) is 4.11. The monoisotopic (exact) mass is 370 g/mol. The molecule has 6 heteroatoms. The average molecular weight is 370 g/mol. The zero-order valence-electron chi connectivity index (χ0n) is 15.0. The minimum absolute atomic E-state index is 0.00880. The van der Waals surface area contributed by atoms with Crippen LogP contribution in [-0.4, -0.2) is 28.5 Å². The van der Waals surface area contributed by atoms with Gasteiger partial charge in [0, 0.05) is 24.1 Å². The van der Waals surface area contributed by atoms with Gasteiger partial charge in [-0.05, 0) is 55.0 Å². The van der Waals surface area contributed by atoms with Crippen molar-refractivity contribution in [3.05, 3.63) is 69.3 Å². The van der Waals surface area contributed by atoms with Crippen LogP contribution in [0.15, 0.2) is 47.4 Å². The van der Waals surface area contributed by atoms with Crippen LogP contribution in [-0.2, 0) is 17.6 Å². The number of nitro benzene ring substituents is 1. The third-order valence-electron chi connectivity index (χ3n) is 4.97. The molecule has 0 N–H and O–H groups in total.